The van der Waals surface area contributed by atoms with Gasteiger partial charge < -0.3 is 14.9 Å². The van der Waals surface area contributed by atoms with Crippen LogP contribution in [0.15, 0.2) is 15.5 Å². The number of carboxylic acid groups (broad SMARTS) is 1. The topological polar surface area (TPSA) is 89.5 Å². The molecule has 1 aliphatic rings. The Labute approximate surface area is 112 Å². The number of hydrogen-bond acceptors (Lipinski definition) is 4. The fourth-order valence-electron chi connectivity index (χ4n) is 2.06. The SMILES string of the molecule is C[C@@H]1CN(C(=O)O)CCN1c1cn[nH]c(=O)c1Br. The van der Waals surface area contributed by atoms with Crippen LogP contribution in [0, 0.1) is 0 Å². The van der Waals surface area contributed by atoms with E-state index < -0.39 is 6.09 Å². The Morgan fingerprint density at radius 1 is 1.61 bits per heavy atom. The highest BCUT2D eigenvalue weighted by Crippen LogP contribution is 2.25. The van der Waals surface area contributed by atoms with Gasteiger partial charge in [-0.05, 0) is 22.9 Å². The summed E-state index contributed by atoms with van der Waals surface area (Å²) >= 11 is 3.23. The second-order valence-electron chi connectivity index (χ2n) is 4.17. The Bertz CT molecular complexity index is 518. The number of amides is 1. The predicted molar refractivity (Wildman–Crippen MR) is 69.0 cm³/mol. The minimum atomic E-state index is -0.912. The van der Waals surface area contributed by atoms with Crippen LogP contribution < -0.4 is 10.5 Å². The van der Waals surface area contributed by atoms with E-state index in [1.54, 1.807) is 6.20 Å². The molecule has 0 bridgehead atoms. The Kier molecular flexibility index (Phi) is 3.55. The maximum atomic E-state index is 11.5. The highest BCUT2D eigenvalue weighted by Gasteiger charge is 2.28. The molecule has 0 aliphatic carbocycles. The minimum absolute atomic E-state index is 0.00486. The molecule has 0 aromatic carbocycles. The molecule has 18 heavy (non-hydrogen) atoms. The average molecular weight is 317 g/mol. The lowest BCUT2D eigenvalue weighted by Gasteiger charge is -2.40. The fourth-order valence-corrected chi connectivity index (χ4v) is 2.48. The van der Waals surface area contributed by atoms with Gasteiger partial charge in [0.05, 0.1) is 11.9 Å². The molecule has 1 amide bonds. The van der Waals surface area contributed by atoms with Gasteiger partial charge >= 0.3 is 6.09 Å². The molecule has 1 saturated heterocycles. The van der Waals surface area contributed by atoms with Crippen LogP contribution in [0.3, 0.4) is 0 Å². The molecular formula is C10H13BrN4O3. The van der Waals surface area contributed by atoms with Gasteiger partial charge in [-0.3, -0.25) is 4.79 Å². The zero-order valence-corrected chi connectivity index (χ0v) is 11.3. The standard InChI is InChI=1S/C10H13BrN4O3/c1-6-5-14(10(17)18)2-3-15(6)7-4-12-13-9(16)8(7)11/h4,6H,2-3,5H2,1H3,(H,13,16)(H,17,18)/t6-/m1/s1. The molecule has 1 aromatic rings. The van der Waals surface area contributed by atoms with Gasteiger partial charge in [0, 0.05) is 25.7 Å². The van der Waals surface area contributed by atoms with Crippen molar-refractivity contribution in [2.75, 3.05) is 24.5 Å². The third kappa shape index (κ3) is 2.33. The van der Waals surface area contributed by atoms with E-state index >= 15 is 0 Å². The molecular weight excluding hydrogens is 304 g/mol. The van der Waals surface area contributed by atoms with Gasteiger partial charge in [-0.25, -0.2) is 9.89 Å². The summed E-state index contributed by atoms with van der Waals surface area (Å²) < 4.78 is 0.424. The largest absolute Gasteiger partial charge is 0.465 e. The fraction of sp³-hybridized carbons (Fsp3) is 0.500. The first kappa shape index (κ1) is 12.9. The summed E-state index contributed by atoms with van der Waals surface area (Å²) in [6.07, 6.45) is 0.655. The van der Waals surface area contributed by atoms with Crippen LogP contribution in [0.1, 0.15) is 6.92 Å². The third-order valence-corrected chi connectivity index (χ3v) is 3.75. The van der Waals surface area contributed by atoms with Crippen molar-refractivity contribution in [3.05, 3.63) is 21.0 Å². The summed E-state index contributed by atoms with van der Waals surface area (Å²) in [7, 11) is 0. The number of anilines is 1. The van der Waals surface area contributed by atoms with Gasteiger partial charge in [0.1, 0.15) is 4.47 Å². The first-order valence-electron chi connectivity index (χ1n) is 5.48. The molecule has 0 unspecified atom stereocenters. The number of nitrogens with zero attached hydrogens (tertiary/aromatic N) is 3. The zero-order chi connectivity index (χ0) is 13.3. The number of halogens is 1. The normalized spacial score (nSPS) is 20.0. The summed E-state index contributed by atoms with van der Waals surface area (Å²) in [4.78, 5) is 25.7. The smallest absolute Gasteiger partial charge is 0.407 e. The quantitative estimate of drug-likeness (QED) is 0.797. The number of nitrogens with one attached hydrogen (secondary N) is 1. The van der Waals surface area contributed by atoms with Crippen LogP contribution in [-0.4, -0.2) is 52.0 Å². The number of hydrogen-bond donors (Lipinski definition) is 2. The number of aromatic amines is 1. The van der Waals surface area contributed by atoms with Crippen molar-refractivity contribution in [3.63, 3.8) is 0 Å². The van der Waals surface area contributed by atoms with Crippen LogP contribution in [0.4, 0.5) is 10.5 Å². The van der Waals surface area contributed by atoms with Crippen LogP contribution >= 0.6 is 15.9 Å². The highest BCUT2D eigenvalue weighted by atomic mass is 79.9. The number of carbonyl (C=O) groups is 1. The van der Waals surface area contributed by atoms with E-state index in [0.29, 0.717) is 29.8 Å². The molecule has 2 N–H and O–H groups in total. The van der Waals surface area contributed by atoms with Gasteiger partial charge in [-0.1, -0.05) is 0 Å². The Morgan fingerprint density at radius 2 is 2.33 bits per heavy atom. The van der Waals surface area contributed by atoms with Crippen molar-refractivity contribution in [1.82, 2.24) is 15.1 Å². The molecule has 98 valence electrons. The maximum Gasteiger partial charge on any atom is 0.407 e. The second kappa shape index (κ2) is 4.97. The summed E-state index contributed by atoms with van der Waals surface area (Å²) in [5, 5.41) is 15.0. The van der Waals surface area contributed by atoms with Gasteiger partial charge in [-0.15, -0.1) is 0 Å². The van der Waals surface area contributed by atoms with Crippen molar-refractivity contribution < 1.29 is 9.90 Å². The Hall–Kier alpha value is -1.57. The first-order chi connectivity index (χ1) is 8.50. The predicted octanol–water partition coefficient (Wildman–Crippen LogP) is 0.721. The van der Waals surface area contributed by atoms with E-state index in [1.807, 2.05) is 11.8 Å². The lowest BCUT2D eigenvalue weighted by Crippen LogP contribution is -2.53. The molecule has 1 aliphatic heterocycles. The van der Waals surface area contributed by atoms with E-state index in [9.17, 15) is 9.59 Å². The van der Waals surface area contributed by atoms with E-state index in [2.05, 4.69) is 26.1 Å². The lowest BCUT2D eigenvalue weighted by atomic mass is 10.2. The summed E-state index contributed by atoms with van der Waals surface area (Å²) in [6.45, 7) is 3.29. The zero-order valence-electron chi connectivity index (χ0n) is 9.76. The molecule has 1 fully saturated rings. The monoisotopic (exact) mass is 316 g/mol. The van der Waals surface area contributed by atoms with Gasteiger partial charge in [0.15, 0.2) is 0 Å². The molecule has 2 rings (SSSR count). The van der Waals surface area contributed by atoms with Crippen LogP contribution in [0.2, 0.25) is 0 Å². The highest BCUT2D eigenvalue weighted by molar-refractivity contribution is 9.10. The van der Waals surface area contributed by atoms with Gasteiger partial charge in [0.2, 0.25) is 0 Å². The van der Waals surface area contributed by atoms with E-state index in [-0.39, 0.29) is 11.6 Å². The molecule has 1 aromatic heterocycles. The molecule has 1 atom stereocenters. The molecule has 0 spiro atoms. The van der Waals surface area contributed by atoms with Crippen LogP contribution in [0.25, 0.3) is 0 Å². The molecule has 0 radical (unpaired) electrons. The van der Waals surface area contributed by atoms with Gasteiger partial charge in [0.25, 0.3) is 5.56 Å². The Balaban J connectivity index is 2.23. The summed E-state index contributed by atoms with van der Waals surface area (Å²) in [5.74, 6) is 0. The number of rotatable bonds is 1. The average Bonchev–Trinajstić information content (AvgIpc) is 2.33. The molecule has 7 nitrogen and oxygen atoms in total. The molecule has 0 saturated carbocycles. The molecule has 2 heterocycles. The molecule has 8 heteroatoms. The van der Waals surface area contributed by atoms with Crippen molar-refractivity contribution in [2.45, 2.75) is 13.0 Å². The van der Waals surface area contributed by atoms with E-state index in [1.165, 1.54) is 4.90 Å². The number of piperazine rings is 1. The summed E-state index contributed by atoms with van der Waals surface area (Å²) in [6, 6.07) is -0.00486. The van der Waals surface area contributed by atoms with Gasteiger partial charge in [-0.2, -0.15) is 5.10 Å². The minimum Gasteiger partial charge on any atom is -0.465 e. The van der Waals surface area contributed by atoms with Crippen molar-refractivity contribution in [3.8, 4) is 0 Å². The van der Waals surface area contributed by atoms with Crippen molar-refractivity contribution >= 4 is 27.7 Å². The summed E-state index contributed by atoms with van der Waals surface area (Å²) in [5.41, 5.74) is 0.400. The van der Waals surface area contributed by atoms with Crippen molar-refractivity contribution in [2.24, 2.45) is 0 Å². The van der Waals surface area contributed by atoms with Crippen LogP contribution in [-0.2, 0) is 0 Å². The maximum absolute atomic E-state index is 11.5. The van der Waals surface area contributed by atoms with E-state index in [0.717, 1.165) is 0 Å². The van der Waals surface area contributed by atoms with Crippen molar-refractivity contribution in [1.29, 1.82) is 0 Å². The Morgan fingerprint density at radius 3 is 2.94 bits per heavy atom. The lowest BCUT2D eigenvalue weighted by molar-refractivity contribution is 0.136. The number of aromatic nitrogens is 2. The van der Waals surface area contributed by atoms with Crippen LogP contribution in [0.5, 0.6) is 0 Å². The second-order valence-corrected chi connectivity index (χ2v) is 4.96. The first-order valence-corrected chi connectivity index (χ1v) is 6.27. The third-order valence-electron chi connectivity index (χ3n) is 2.98. The number of H-pyrrole nitrogens is 1. The van der Waals surface area contributed by atoms with E-state index in [4.69, 9.17) is 5.11 Å².